The molecule has 0 bridgehead atoms. The van der Waals surface area contributed by atoms with E-state index in [-0.39, 0.29) is 11.5 Å². The molecule has 5 heteroatoms. The first-order chi connectivity index (χ1) is 7.67. The monoisotopic (exact) mass is 256 g/mol. The summed E-state index contributed by atoms with van der Waals surface area (Å²) < 4.78 is 24.8. The highest BCUT2D eigenvalue weighted by atomic mass is 32.2. The summed E-state index contributed by atoms with van der Waals surface area (Å²) in [6, 6.07) is 9.18. The van der Waals surface area contributed by atoms with Crippen LogP contribution < -0.4 is 9.86 Å². The van der Waals surface area contributed by atoms with Crippen molar-refractivity contribution in [1.82, 2.24) is 4.72 Å². The minimum atomic E-state index is -3.69. The highest BCUT2D eigenvalue weighted by Crippen LogP contribution is 2.29. The zero-order valence-electron chi connectivity index (χ0n) is 10.5. The maximum Gasteiger partial charge on any atom is 0.274 e. The Labute approximate surface area is 103 Å². The van der Waals surface area contributed by atoms with Crippen LogP contribution in [0.5, 0.6) is 0 Å². The van der Waals surface area contributed by atoms with E-state index in [1.54, 1.807) is 0 Å². The molecule has 0 radical (unpaired) electrons. The van der Waals surface area contributed by atoms with Crippen LogP contribution >= 0.6 is 0 Å². The lowest BCUT2D eigenvalue weighted by Crippen LogP contribution is -2.36. The average Bonchev–Trinajstić information content (AvgIpc) is 2.14. The second-order valence-electron chi connectivity index (χ2n) is 5.39. The van der Waals surface area contributed by atoms with Gasteiger partial charge >= 0.3 is 0 Å². The first kappa shape index (κ1) is 14.2. The number of nitrogens with two attached hydrogens (primary N) is 1. The maximum atomic E-state index is 11.2. The second-order valence-corrected chi connectivity index (χ2v) is 6.72. The van der Waals surface area contributed by atoms with Crippen LogP contribution in [0.4, 0.5) is 0 Å². The Morgan fingerprint density at radius 3 is 2.18 bits per heavy atom. The van der Waals surface area contributed by atoms with E-state index < -0.39 is 10.2 Å². The van der Waals surface area contributed by atoms with Gasteiger partial charge in [0, 0.05) is 6.04 Å². The van der Waals surface area contributed by atoms with E-state index in [2.05, 4.69) is 25.5 Å². The Hall–Kier alpha value is -0.910. The van der Waals surface area contributed by atoms with Crippen molar-refractivity contribution in [2.45, 2.75) is 33.2 Å². The minimum Gasteiger partial charge on any atom is -0.216 e. The van der Waals surface area contributed by atoms with Crippen LogP contribution in [0.2, 0.25) is 0 Å². The number of hydrogen-bond donors (Lipinski definition) is 2. The standard InChI is InChI=1S/C12H20N2O2S/c1-12(2,3)9-11(14-17(13,15)16)10-7-5-4-6-8-10/h4-8,11,14H,9H2,1-3H3,(H2,13,15,16). The first-order valence-corrected chi connectivity index (χ1v) is 7.07. The van der Waals surface area contributed by atoms with Crippen LogP contribution in [0, 0.1) is 5.41 Å². The van der Waals surface area contributed by atoms with E-state index in [9.17, 15) is 8.42 Å². The summed E-state index contributed by atoms with van der Waals surface area (Å²) in [7, 11) is -3.69. The van der Waals surface area contributed by atoms with Crippen molar-refractivity contribution in [3.63, 3.8) is 0 Å². The van der Waals surface area contributed by atoms with Crippen molar-refractivity contribution >= 4 is 10.2 Å². The fourth-order valence-corrected chi connectivity index (χ4v) is 2.34. The zero-order valence-corrected chi connectivity index (χ0v) is 11.3. The lowest BCUT2D eigenvalue weighted by molar-refractivity contribution is 0.331. The van der Waals surface area contributed by atoms with Gasteiger partial charge in [0.05, 0.1) is 0 Å². The Kier molecular flexibility index (Phi) is 4.30. The number of nitrogens with one attached hydrogen (secondary N) is 1. The van der Waals surface area contributed by atoms with Crippen LogP contribution in [-0.4, -0.2) is 8.42 Å². The van der Waals surface area contributed by atoms with Crippen LogP contribution in [-0.2, 0) is 10.2 Å². The van der Waals surface area contributed by atoms with E-state index in [0.29, 0.717) is 6.42 Å². The van der Waals surface area contributed by atoms with E-state index in [4.69, 9.17) is 5.14 Å². The van der Waals surface area contributed by atoms with E-state index in [0.717, 1.165) is 5.56 Å². The molecule has 0 aliphatic heterocycles. The molecule has 1 aromatic carbocycles. The molecule has 0 heterocycles. The molecule has 4 nitrogen and oxygen atoms in total. The lowest BCUT2D eigenvalue weighted by atomic mass is 9.86. The third kappa shape index (κ3) is 5.81. The summed E-state index contributed by atoms with van der Waals surface area (Å²) in [6.07, 6.45) is 0.688. The summed E-state index contributed by atoms with van der Waals surface area (Å²) >= 11 is 0. The number of hydrogen-bond acceptors (Lipinski definition) is 2. The molecule has 0 amide bonds. The largest absolute Gasteiger partial charge is 0.274 e. The molecule has 0 aromatic heterocycles. The van der Waals surface area contributed by atoms with Crippen molar-refractivity contribution in [3.05, 3.63) is 35.9 Å². The lowest BCUT2D eigenvalue weighted by Gasteiger charge is -2.26. The molecular weight excluding hydrogens is 236 g/mol. The van der Waals surface area contributed by atoms with Crippen LogP contribution in [0.15, 0.2) is 30.3 Å². The van der Waals surface area contributed by atoms with Crippen molar-refractivity contribution in [2.75, 3.05) is 0 Å². The van der Waals surface area contributed by atoms with Gasteiger partial charge in [-0.3, -0.25) is 0 Å². The van der Waals surface area contributed by atoms with Gasteiger partial charge in [-0.15, -0.1) is 0 Å². The van der Waals surface area contributed by atoms with Gasteiger partial charge in [-0.2, -0.15) is 13.1 Å². The Morgan fingerprint density at radius 1 is 1.24 bits per heavy atom. The van der Waals surface area contributed by atoms with Gasteiger partial charge in [0.15, 0.2) is 0 Å². The van der Waals surface area contributed by atoms with Gasteiger partial charge in [0.1, 0.15) is 0 Å². The summed E-state index contributed by atoms with van der Waals surface area (Å²) in [5.41, 5.74) is 0.939. The molecule has 0 saturated heterocycles. The highest BCUT2D eigenvalue weighted by molar-refractivity contribution is 7.87. The molecule has 3 N–H and O–H groups in total. The molecule has 0 spiro atoms. The van der Waals surface area contributed by atoms with Gasteiger partial charge in [-0.25, -0.2) is 5.14 Å². The maximum absolute atomic E-state index is 11.2. The van der Waals surface area contributed by atoms with Gasteiger partial charge < -0.3 is 0 Å². The molecule has 96 valence electrons. The normalized spacial score (nSPS) is 14.6. The minimum absolute atomic E-state index is 0.0121. The first-order valence-electron chi connectivity index (χ1n) is 5.52. The van der Waals surface area contributed by atoms with E-state index in [1.165, 1.54) is 0 Å². The molecule has 0 aliphatic carbocycles. The fourth-order valence-electron chi connectivity index (χ4n) is 1.72. The van der Waals surface area contributed by atoms with Crippen molar-refractivity contribution < 1.29 is 8.42 Å². The molecule has 17 heavy (non-hydrogen) atoms. The van der Waals surface area contributed by atoms with Gasteiger partial charge in [0.25, 0.3) is 10.2 Å². The average molecular weight is 256 g/mol. The Morgan fingerprint density at radius 2 is 1.76 bits per heavy atom. The molecule has 0 fully saturated rings. The van der Waals surface area contributed by atoms with Crippen LogP contribution in [0.3, 0.4) is 0 Å². The van der Waals surface area contributed by atoms with E-state index in [1.807, 2.05) is 30.3 Å². The number of rotatable bonds is 4. The Balaban J connectivity index is 2.95. The third-order valence-electron chi connectivity index (χ3n) is 2.32. The molecule has 1 unspecified atom stereocenters. The predicted molar refractivity (Wildman–Crippen MR) is 69.5 cm³/mol. The smallest absolute Gasteiger partial charge is 0.216 e. The summed E-state index contributed by atoms with van der Waals surface area (Å²) in [5, 5.41) is 5.05. The van der Waals surface area contributed by atoms with Gasteiger partial charge in [-0.1, -0.05) is 51.1 Å². The molecular formula is C12H20N2O2S. The van der Waals surface area contributed by atoms with Crippen molar-refractivity contribution in [1.29, 1.82) is 0 Å². The molecule has 1 aromatic rings. The van der Waals surface area contributed by atoms with Crippen LogP contribution in [0.1, 0.15) is 38.8 Å². The molecule has 0 aliphatic rings. The van der Waals surface area contributed by atoms with Gasteiger partial charge in [0.2, 0.25) is 0 Å². The summed E-state index contributed by atoms with van der Waals surface area (Å²) in [4.78, 5) is 0. The van der Waals surface area contributed by atoms with Crippen molar-refractivity contribution in [2.24, 2.45) is 10.6 Å². The summed E-state index contributed by atoms with van der Waals surface area (Å²) in [6.45, 7) is 6.19. The van der Waals surface area contributed by atoms with E-state index >= 15 is 0 Å². The molecule has 0 saturated carbocycles. The van der Waals surface area contributed by atoms with Gasteiger partial charge in [-0.05, 0) is 17.4 Å². The SMILES string of the molecule is CC(C)(C)CC(NS(N)(=O)=O)c1ccccc1. The number of benzene rings is 1. The van der Waals surface area contributed by atoms with Crippen molar-refractivity contribution in [3.8, 4) is 0 Å². The Bertz CT molecular complexity index is 449. The summed E-state index contributed by atoms with van der Waals surface area (Å²) in [5.74, 6) is 0. The third-order valence-corrected chi connectivity index (χ3v) is 2.94. The zero-order chi connectivity index (χ0) is 13.1. The van der Waals surface area contributed by atoms with Crippen LogP contribution in [0.25, 0.3) is 0 Å². The second kappa shape index (κ2) is 5.16. The highest BCUT2D eigenvalue weighted by Gasteiger charge is 2.22. The fraction of sp³-hybridized carbons (Fsp3) is 0.500. The predicted octanol–water partition coefficient (Wildman–Crippen LogP) is 1.96. The topological polar surface area (TPSA) is 72.2 Å². The molecule has 1 rings (SSSR count). The molecule has 1 atom stereocenters. The quantitative estimate of drug-likeness (QED) is 0.864.